The summed E-state index contributed by atoms with van der Waals surface area (Å²) in [4.78, 5) is 2.35. The van der Waals surface area contributed by atoms with Gasteiger partial charge in [0, 0.05) is 6.07 Å². The number of benzene rings is 1. The van der Waals surface area contributed by atoms with Crippen molar-refractivity contribution in [3.05, 3.63) is 35.4 Å². The lowest BCUT2D eigenvalue weighted by molar-refractivity contribution is 0.216. The first kappa shape index (κ1) is 14.4. The van der Waals surface area contributed by atoms with Crippen molar-refractivity contribution < 1.29 is 8.78 Å². The van der Waals surface area contributed by atoms with Crippen LogP contribution in [0.5, 0.6) is 0 Å². The number of likely N-dealkylation sites (tertiary alicyclic amines) is 1. The van der Waals surface area contributed by atoms with Crippen LogP contribution in [0, 0.1) is 17.6 Å². The number of halogens is 2. The molecule has 0 unspecified atom stereocenters. The van der Waals surface area contributed by atoms with E-state index < -0.39 is 11.6 Å². The number of nitrogens with one attached hydrogen (secondary N) is 1. The van der Waals surface area contributed by atoms with Crippen LogP contribution in [0.2, 0.25) is 0 Å². The maximum Gasteiger partial charge on any atom is 0.126 e. The molecular weight excluding hydrogens is 246 g/mol. The molecule has 1 fully saturated rings. The fourth-order valence-corrected chi connectivity index (χ4v) is 2.56. The molecule has 0 saturated carbocycles. The van der Waals surface area contributed by atoms with Gasteiger partial charge in [-0.15, -0.1) is 0 Å². The zero-order valence-corrected chi connectivity index (χ0v) is 11.5. The minimum Gasteiger partial charge on any atom is -0.316 e. The Morgan fingerprint density at radius 1 is 1.16 bits per heavy atom. The Morgan fingerprint density at radius 2 is 1.79 bits per heavy atom. The molecule has 106 valence electrons. The standard InChI is InChI=1S/C15H22F2N2/c1-19-6-3-12(4-7-19)11-18-5-2-13-8-14(16)10-15(17)9-13/h8-10,12,18H,2-7,11H2,1H3. The van der Waals surface area contributed by atoms with Gasteiger partial charge in [0.1, 0.15) is 11.6 Å². The molecular formula is C15H22F2N2. The van der Waals surface area contributed by atoms with Crippen molar-refractivity contribution >= 4 is 0 Å². The number of piperidine rings is 1. The van der Waals surface area contributed by atoms with Crippen LogP contribution in [0.15, 0.2) is 18.2 Å². The summed E-state index contributed by atoms with van der Waals surface area (Å²) in [7, 11) is 2.15. The van der Waals surface area contributed by atoms with E-state index in [-0.39, 0.29) is 0 Å². The van der Waals surface area contributed by atoms with Crippen molar-refractivity contribution in [2.75, 3.05) is 33.2 Å². The molecule has 0 spiro atoms. The summed E-state index contributed by atoms with van der Waals surface area (Å²) >= 11 is 0. The van der Waals surface area contributed by atoms with E-state index in [1.54, 1.807) is 0 Å². The van der Waals surface area contributed by atoms with Crippen molar-refractivity contribution in [1.29, 1.82) is 0 Å². The van der Waals surface area contributed by atoms with Gasteiger partial charge in [-0.2, -0.15) is 0 Å². The van der Waals surface area contributed by atoms with Gasteiger partial charge in [-0.05, 0) is 76.1 Å². The Morgan fingerprint density at radius 3 is 2.42 bits per heavy atom. The molecule has 2 rings (SSSR count). The second-order valence-corrected chi connectivity index (χ2v) is 5.48. The van der Waals surface area contributed by atoms with Crippen molar-refractivity contribution in [2.45, 2.75) is 19.3 Å². The monoisotopic (exact) mass is 268 g/mol. The summed E-state index contributed by atoms with van der Waals surface area (Å²) in [5.74, 6) is -0.254. The number of hydrogen-bond acceptors (Lipinski definition) is 2. The molecule has 1 aromatic rings. The van der Waals surface area contributed by atoms with Gasteiger partial charge in [-0.25, -0.2) is 8.78 Å². The zero-order valence-electron chi connectivity index (χ0n) is 11.5. The average Bonchev–Trinajstić information content (AvgIpc) is 2.36. The molecule has 1 N–H and O–H groups in total. The van der Waals surface area contributed by atoms with Gasteiger partial charge < -0.3 is 10.2 Å². The Bertz CT molecular complexity index is 381. The van der Waals surface area contributed by atoms with Crippen LogP contribution in [-0.4, -0.2) is 38.1 Å². The maximum atomic E-state index is 13.0. The summed E-state index contributed by atoms with van der Waals surface area (Å²) in [5, 5.41) is 3.39. The van der Waals surface area contributed by atoms with Gasteiger partial charge in [0.2, 0.25) is 0 Å². The van der Waals surface area contributed by atoms with Gasteiger partial charge in [0.25, 0.3) is 0 Å². The number of hydrogen-bond donors (Lipinski definition) is 1. The topological polar surface area (TPSA) is 15.3 Å². The third-order valence-corrected chi connectivity index (χ3v) is 3.78. The number of nitrogens with zero attached hydrogens (tertiary/aromatic N) is 1. The molecule has 1 aromatic carbocycles. The molecule has 0 aliphatic carbocycles. The summed E-state index contributed by atoms with van der Waals surface area (Å²) in [6, 6.07) is 3.72. The minimum atomic E-state index is -0.495. The van der Waals surface area contributed by atoms with Gasteiger partial charge >= 0.3 is 0 Å². The van der Waals surface area contributed by atoms with Crippen LogP contribution in [0.1, 0.15) is 18.4 Å². The molecule has 0 bridgehead atoms. The molecule has 4 heteroatoms. The van der Waals surface area contributed by atoms with E-state index in [1.165, 1.54) is 38.1 Å². The Labute approximate surface area is 113 Å². The van der Waals surface area contributed by atoms with Crippen LogP contribution in [0.3, 0.4) is 0 Å². The van der Waals surface area contributed by atoms with E-state index in [2.05, 4.69) is 17.3 Å². The van der Waals surface area contributed by atoms with Gasteiger partial charge in [0.15, 0.2) is 0 Å². The van der Waals surface area contributed by atoms with Crippen molar-refractivity contribution in [3.63, 3.8) is 0 Å². The summed E-state index contributed by atoms with van der Waals surface area (Å²) in [5.41, 5.74) is 0.716. The molecule has 0 atom stereocenters. The molecule has 0 aromatic heterocycles. The molecule has 19 heavy (non-hydrogen) atoms. The normalized spacial score (nSPS) is 17.8. The number of rotatable bonds is 5. The van der Waals surface area contributed by atoms with E-state index in [4.69, 9.17) is 0 Å². The Hall–Kier alpha value is -1.00. The molecule has 1 aliphatic rings. The van der Waals surface area contributed by atoms with Crippen molar-refractivity contribution in [2.24, 2.45) is 5.92 Å². The van der Waals surface area contributed by atoms with E-state index in [0.29, 0.717) is 12.0 Å². The van der Waals surface area contributed by atoms with Crippen LogP contribution < -0.4 is 5.32 Å². The lowest BCUT2D eigenvalue weighted by Gasteiger charge is -2.29. The van der Waals surface area contributed by atoms with E-state index >= 15 is 0 Å². The fourth-order valence-electron chi connectivity index (χ4n) is 2.56. The molecule has 0 amide bonds. The molecule has 1 saturated heterocycles. The summed E-state index contributed by atoms with van der Waals surface area (Å²) in [6.07, 6.45) is 3.14. The van der Waals surface area contributed by atoms with E-state index in [0.717, 1.165) is 25.1 Å². The first-order valence-corrected chi connectivity index (χ1v) is 6.98. The van der Waals surface area contributed by atoms with Crippen LogP contribution in [-0.2, 0) is 6.42 Å². The SMILES string of the molecule is CN1CCC(CNCCc2cc(F)cc(F)c2)CC1. The lowest BCUT2D eigenvalue weighted by Crippen LogP contribution is -2.35. The quantitative estimate of drug-likeness (QED) is 0.825. The van der Waals surface area contributed by atoms with Gasteiger partial charge in [-0.1, -0.05) is 0 Å². The highest BCUT2D eigenvalue weighted by Crippen LogP contribution is 2.14. The third-order valence-electron chi connectivity index (χ3n) is 3.78. The average molecular weight is 268 g/mol. The Balaban J connectivity index is 1.66. The van der Waals surface area contributed by atoms with Crippen molar-refractivity contribution in [1.82, 2.24) is 10.2 Å². The van der Waals surface area contributed by atoms with Gasteiger partial charge in [0.05, 0.1) is 0 Å². The first-order valence-electron chi connectivity index (χ1n) is 6.98. The smallest absolute Gasteiger partial charge is 0.126 e. The molecule has 0 radical (unpaired) electrons. The fraction of sp³-hybridized carbons (Fsp3) is 0.600. The highest BCUT2D eigenvalue weighted by atomic mass is 19.1. The van der Waals surface area contributed by atoms with Crippen LogP contribution >= 0.6 is 0 Å². The first-order chi connectivity index (χ1) is 9.13. The largest absolute Gasteiger partial charge is 0.316 e. The second kappa shape index (κ2) is 6.96. The van der Waals surface area contributed by atoms with Crippen LogP contribution in [0.25, 0.3) is 0 Å². The summed E-state index contributed by atoms with van der Waals surface area (Å²) < 4.78 is 26.0. The maximum absolute atomic E-state index is 13.0. The lowest BCUT2D eigenvalue weighted by atomic mass is 9.97. The van der Waals surface area contributed by atoms with Gasteiger partial charge in [-0.3, -0.25) is 0 Å². The van der Waals surface area contributed by atoms with Crippen LogP contribution in [0.4, 0.5) is 8.78 Å². The minimum absolute atomic E-state index is 0.495. The van der Waals surface area contributed by atoms with E-state index in [1.807, 2.05) is 0 Å². The molecule has 2 nitrogen and oxygen atoms in total. The highest BCUT2D eigenvalue weighted by Gasteiger charge is 2.15. The zero-order chi connectivity index (χ0) is 13.7. The summed E-state index contributed by atoms with van der Waals surface area (Å²) in [6.45, 7) is 4.11. The highest BCUT2D eigenvalue weighted by molar-refractivity contribution is 5.18. The Kier molecular flexibility index (Phi) is 5.28. The van der Waals surface area contributed by atoms with E-state index in [9.17, 15) is 8.78 Å². The molecule has 1 aliphatic heterocycles. The molecule has 1 heterocycles. The second-order valence-electron chi connectivity index (χ2n) is 5.48. The third kappa shape index (κ3) is 4.88. The van der Waals surface area contributed by atoms with Crippen molar-refractivity contribution in [3.8, 4) is 0 Å². The predicted molar refractivity (Wildman–Crippen MR) is 73.2 cm³/mol. The predicted octanol–water partition coefficient (Wildman–Crippen LogP) is 2.44.